The number of carbonyl (C=O) groups is 2. The third kappa shape index (κ3) is 12.2. The minimum atomic E-state index is -1.77. The smallest absolute Gasteiger partial charge is 0.340 e. The molecule has 28 unspecified atom stereocenters. The fourth-order valence-electron chi connectivity index (χ4n) is 16.3. The van der Waals surface area contributed by atoms with E-state index in [1.165, 1.54) is 19.4 Å². The maximum atomic E-state index is 14.0. The van der Waals surface area contributed by atoms with E-state index in [0.717, 1.165) is 24.8 Å². The summed E-state index contributed by atoms with van der Waals surface area (Å²) in [5.74, 6) is -1.38. The van der Waals surface area contributed by atoms with Crippen LogP contribution in [0.2, 0.25) is 0 Å². The molecule has 8 fully saturated rings. The predicted molar refractivity (Wildman–Crippen MR) is 302 cm³/mol. The van der Waals surface area contributed by atoms with Gasteiger partial charge in [-0.15, -0.1) is 0 Å². The second-order valence-corrected chi connectivity index (χ2v) is 25.7. The molecule has 28 atom stereocenters. The number of ether oxygens (including phenoxy) is 13. The van der Waals surface area contributed by atoms with Gasteiger partial charge in [-0.05, 0) is 126 Å². The SMILES string of the molecule is COC1CC(OC2CCC3(C)C(CCC4C3CC(OC(=O)C=Cc3ccccc3)C3(C)C(O)(C(C)OC(=O)c5cccnc5)CCC43O)C2)OC(C)C1OC1CC(OC)C(OC2OC(C)C(OC3OC(CO)C(O)C(O)C3O)C(OC)C2O)C(C)O1. The average Bonchev–Trinajstić information content (AvgIpc) is 1.41. The number of aliphatic hydroxyl groups excluding tert-OH is 5. The Kier molecular flexibility index (Phi) is 20.2. The molecule has 480 valence electrons. The van der Waals surface area contributed by atoms with Gasteiger partial charge >= 0.3 is 11.9 Å². The first-order valence-electron chi connectivity index (χ1n) is 30.7. The number of fused-ring (bicyclic) bond motifs is 5. The van der Waals surface area contributed by atoms with Crippen LogP contribution in [0.15, 0.2) is 60.9 Å². The number of hydrogen-bond acceptors (Lipinski definition) is 23. The number of esters is 2. The van der Waals surface area contributed by atoms with E-state index in [9.17, 15) is 45.3 Å². The minimum Gasteiger partial charge on any atom is -0.458 e. The van der Waals surface area contributed by atoms with E-state index in [1.807, 2.05) is 44.2 Å². The molecule has 4 aliphatic heterocycles. The van der Waals surface area contributed by atoms with Gasteiger partial charge in [-0.2, -0.15) is 0 Å². The van der Waals surface area contributed by atoms with Crippen LogP contribution in [0.5, 0.6) is 0 Å². The van der Waals surface area contributed by atoms with Gasteiger partial charge in [0.15, 0.2) is 25.2 Å². The van der Waals surface area contributed by atoms with Crippen LogP contribution in [-0.4, -0.2) is 221 Å². The fraction of sp³-hybridized carbons (Fsp3) is 0.762. The normalized spacial score (nSPS) is 46.4. The van der Waals surface area contributed by atoms with Crippen molar-refractivity contribution in [1.82, 2.24) is 4.98 Å². The molecule has 0 spiro atoms. The molecule has 4 saturated heterocycles. The van der Waals surface area contributed by atoms with E-state index in [2.05, 4.69) is 11.9 Å². The van der Waals surface area contributed by atoms with Crippen molar-refractivity contribution in [1.29, 1.82) is 0 Å². The average molecular weight is 1210 g/mol. The van der Waals surface area contributed by atoms with Gasteiger partial charge in [-0.25, -0.2) is 9.59 Å². The van der Waals surface area contributed by atoms with Gasteiger partial charge in [0.25, 0.3) is 0 Å². The molecule has 5 heterocycles. The first kappa shape index (κ1) is 65.3. The van der Waals surface area contributed by atoms with Gasteiger partial charge in [0.2, 0.25) is 0 Å². The lowest BCUT2D eigenvalue weighted by Gasteiger charge is -2.66. The Morgan fingerprint density at radius 2 is 1.34 bits per heavy atom. The van der Waals surface area contributed by atoms with E-state index >= 15 is 0 Å². The summed E-state index contributed by atoms with van der Waals surface area (Å²) in [7, 11) is 4.54. The van der Waals surface area contributed by atoms with E-state index < -0.39 is 158 Å². The lowest BCUT2D eigenvalue weighted by Crippen LogP contribution is -2.72. The van der Waals surface area contributed by atoms with Crippen molar-refractivity contribution in [3.63, 3.8) is 0 Å². The number of aliphatic hydroxyl groups is 7. The van der Waals surface area contributed by atoms with Crippen LogP contribution in [0.25, 0.3) is 6.08 Å². The third-order valence-electron chi connectivity index (χ3n) is 21.3. The number of carbonyl (C=O) groups excluding carboxylic acids is 2. The zero-order valence-electron chi connectivity index (χ0n) is 50.7. The Labute approximate surface area is 502 Å². The van der Waals surface area contributed by atoms with E-state index in [1.54, 1.807) is 59.4 Å². The zero-order chi connectivity index (χ0) is 61.6. The van der Waals surface area contributed by atoms with Gasteiger partial charge in [-0.1, -0.05) is 44.2 Å². The molecule has 86 heavy (non-hydrogen) atoms. The number of aromatic nitrogens is 1. The molecule has 0 bridgehead atoms. The lowest BCUT2D eigenvalue weighted by atomic mass is 9.42. The van der Waals surface area contributed by atoms with Crippen LogP contribution >= 0.6 is 0 Å². The number of benzene rings is 1. The first-order chi connectivity index (χ1) is 41.0. The van der Waals surface area contributed by atoms with Crippen LogP contribution in [0.3, 0.4) is 0 Å². The van der Waals surface area contributed by atoms with Crippen molar-refractivity contribution in [2.24, 2.45) is 28.6 Å². The van der Waals surface area contributed by atoms with Gasteiger partial charge < -0.3 is 97.3 Å². The molecule has 2 aromatic rings. The summed E-state index contributed by atoms with van der Waals surface area (Å²) in [5, 5.41) is 79.0. The Morgan fingerprint density at radius 3 is 1.99 bits per heavy atom. The lowest BCUT2D eigenvalue weighted by molar-refractivity contribution is -0.373. The van der Waals surface area contributed by atoms with E-state index in [4.69, 9.17) is 61.6 Å². The summed E-state index contributed by atoms with van der Waals surface area (Å²) < 4.78 is 80.9. The van der Waals surface area contributed by atoms with E-state index in [0.29, 0.717) is 25.7 Å². The number of nitrogens with zero attached hydrogens (tertiary/aromatic N) is 1. The number of rotatable bonds is 18. The monoisotopic (exact) mass is 1210 g/mol. The number of pyridine rings is 1. The molecule has 23 heteroatoms. The molecule has 0 radical (unpaired) electrons. The molecular weight excluding hydrogens is 1120 g/mol. The van der Waals surface area contributed by atoms with Crippen LogP contribution < -0.4 is 0 Å². The minimum absolute atomic E-state index is 0.0830. The van der Waals surface area contributed by atoms with Crippen molar-refractivity contribution < 1.29 is 107 Å². The highest BCUT2D eigenvalue weighted by Crippen LogP contribution is 2.71. The third-order valence-corrected chi connectivity index (χ3v) is 21.3. The molecule has 4 saturated carbocycles. The standard InChI is InChI=1S/C63H91NO22/c1-32-53(84-48-29-43(75-8)54(33(2)78-48)85-59-52(70)56(76-9)55(34(3)79-59)86-58-51(69)50(68)49(67)44(31-65)82-58)42(74-7)28-47(77-32)81-39-21-22-60(5)38(26-39)18-19-40-41(60)27-45(83-46(66)20-17-36-14-11-10-12-15-36)61(6)62(72,23-24-63(40,61)73)35(4)80-57(71)37-16-13-25-64-30-37/h10-17,20,25,30,32-35,38-45,47-56,58-59,65,67-70,72-73H,18-19,21-24,26-29,31H2,1-9H3. The summed E-state index contributed by atoms with van der Waals surface area (Å²) in [4.78, 5) is 31.5. The van der Waals surface area contributed by atoms with Crippen LogP contribution in [0.1, 0.15) is 122 Å². The summed E-state index contributed by atoms with van der Waals surface area (Å²) in [6.45, 7) is 10.5. The maximum absolute atomic E-state index is 14.0. The first-order valence-corrected chi connectivity index (χ1v) is 30.7. The molecule has 0 amide bonds. The molecule has 4 aliphatic carbocycles. The van der Waals surface area contributed by atoms with Crippen molar-refractivity contribution in [3.8, 4) is 0 Å². The van der Waals surface area contributed by atoms with Crippen molar-refractivity contribution in [3.05, 3.63) is 72.1 Å². The molecular formula is C63H91NO22. The predicted octanol–water partition coefficient (Wildman–Crippen LogP) is 3.51. The maximum Gasteiger partial charge on any atom is 0.340 e. The number of hydrogen-bond donors (Lipinski definition) is 7. The highest BCUT2D eigenvalue weighted by atomic mass is 16.8. The number of methoxy groups -OCH3 is 3. The Hall–Kier alpha value is -3.67. The second-order valence-electron chi connectivity index (χ2n) is 25.7. The largest absolute Gasteiger partial charge is 0.458 e. The summed E-state index contributed by atoms with van der Waals surface area (Å²) >= 11 is 0. The molecule has 8 aliphatic rings. The quantitative estimate of drug-likeness (QED) is 0.0638. The topological polar surface area (TPSA) is 309 Å². The highest BCUT2D eigenvalue weighted by molar-refractivity contribution is 5.89. The highest BCUT2D eigenvalue weighted by Gasteiger charge is 2.77. The molecule has 23 nitrogen and oxygen atoms in total. The van der Waals surface area contributed by atoms with Crippen LogP contribution in [0.4, 0.5) is 0 Å². The summed E-state index contributed by atoms with van der Waals surface area (Å²) in [6.07, 6.45) is -9.14. The molecule has 1 aromatic heterocycles. The zero-order valence-corrected chi connectivity index (χ0v) is 50.7. The van der Waals surface area contributed by atoms with Gasteiger partial charge in [0.1, 0.15) is 72.7 Å². The van der Waals surface area contributed by atoms with Crippen molar-refractivity contribution >= 4 is 18.0 Å². The summed E-state index contributed by atoms with van der Waals surface area (Å²) in [5.41, 5.74) is -3.92. The van der Waals surface area contributed by atoms with Crippen LogP contribution in [0, 0.1) is 28.6 Å². The Morgan fingerprint density at radius 1 is 0.686 bits per heavy atom. The van der Waals surface area contributed by atoms with Gasteiger partial charge in [0.05, 0.1) is 59.8 Å². The molecule has 1 aromatic carbocycles. The summed E-state index contributed by atoms with van der Waals surface area (Å²) in [6, 6.07) is 12.6. The molecule has 7 N–H and O–H groups in total. The van der Waals surface area contributed by atoms with Gasteiger partial charge in [0, 0.05) is 52.6 Å². The molecule has 10 rings (SSSR count). The van der Waals surface area contributed by atoms with Crippen molar-refractivity contribution in [2.75, 3.05) is 27.9 Å². The Balaban J connectivity index is 0.761. The van der Waals surface area contributed by atoms with E-state index in [-0.39, 0.29) is 54.1 Å². The fourth-order valence-corrected chi connectivity index (χ4v) is 16.3. The Bertz CT molecular complexity index is 2610. The van der Waals surface area contributed by atoms with Crippen LogP contribution in [-0.2, 0) is 66.4 Å². The second kappa shape index (κ2) is 26.7. The van der Waals surface area contributed by atoms with Crippen molar-refractivity contribution in [2.45, 2.75) is 246 Å². The van der Waals surface area contributed by atoms with Gasteiger partial charge in [-0.3, -0.25) is 4.98 Å².